The molecule has 1 fully saturated rings. The number of hydrogen-bond donors (Lipinski definition) is 1. The molecule has 0 atom stereocenters. The van der Waals surface area contributed by atoms with Gasteiger partial charge in [-0.05, 0) is 31.4 Å². The number of piperidine rings is 1. The summed E-state index contributed by atoms with van der Waals surface area (Å²) in [4.78, 5) is 27.4. The number of para-hydroxylation sites is 1. The number of aryl methyl sites for hydroxylation is 2. The van der Waals surface area contributed by atoms with Gasteiger partial charge >= 0.3 is 0 Å². The molecule has 0 saturated carbocycles. The van der Waals surface area contributed by atoms with Crippen LogP contribution in [0.3, 0.4) is 0 Å². The van der Waals surface area contributed by atoms with Crippen molar-refractivity contribution >= 4 is 22.5 Å². The third-order valence-electron chi connectivity index (χ3n) is 5.00. The first-order valence-corrected chi connectivity index (χ1v) is 8.87. The molecule has 1 N–H and O–H groups in total. The van der Waals surface area contributed by atoms with Crippen LogP contribution in [-0.2, 0) is 7.05 Å². The molecular formula is C19H22N6O. The zero-order valence-corrected chi connectivity index (χ0v) is 15.0. The van der Waals surface area contributed by atoms with E-state index in [9.17, 15) is 4.79 Å². The van der Waals surface area contributed by atoms with Gasteiger partial charge in [0.05, 0.1) is 5.52 Å². The predicted octanol–water partition coefficient (Wildman–Crippen LogP) is 2.11. The number of benzene rings is 1. The average Bonchev–Trinajstić information content (AvgIpc) is 2.66. The quantitative estimate of drug-likeness (QED) is 0.780. The molecule has 2 aromatic heterocycles. The summed E-state index contributed by atoms with van der Waals surface area (Å²) in [6.45, 7) is 3.66. The smallest absolute Gasteiger partial charge is 0.293 e. The van der Waals surface area contributed by atoms with Crippen molar-refractivity contribution in [2.45, 2.75) is 25.8 Å². The average molecular weight is 350 g/mol. The van der Waals surface area contributed by atoms with Crippen molar-refractivity contribution in [3.63, 3.8) is 0 Å². The summed E-state index contributed by atoms with van der Waals surface area (Å²) in [7, 11) is 1.75. The fourth-order valence-corrected chi connectivity index (χ4v) is 3.48. The van der Waals surface area contributed by atoms with Gasteiger partial charge < -0.3 is 14.8 Å². The van der Waals surface area contributed by atoms with Gasteiger partial charge in [-0.2, -0.15) is 0 Å². The minimum Gasteiger partial charge on any atom is -0.367 e. The first-order chi connectivity index (χ1) is 12.6. The van der Waals surface area contributed by atoms with Crippen LogP contribution in [0.15, 0.2) is 41.7 Å². The maximum Gasteiger partial charge on any atom is 0.293 e. The molecule has 1 aliphatic heterocycles. The second-order valence-electron chi connectivity index (χ2n) is 6.77. The lowest BCUT2D eigenvalue weighted by Crippen LogP contribution is -2.42. The van der Waals surface area contributed by atoms with E-state index in [1.165, 1.54) is 0 Å². The maximum atomic E-state index is 12.2. The van der Waals surface area contributed by atoms with E-state index in [-0.39, 0.29) is 5.56 Å². The Morgan fingerprint density at radius 2 is 1.96 bits per heavy atom. The summed E-state index contributed by atoms with van der Waals surface area (Å²) in [5.41, 5.74) is 2.09. The van der Waals surface area contributed by atoms with Gasteiger partial charge in [0.15, 0.2) is 5.82 Å². The number of rotatable bonds is 3. The Bertz CT molecular complexity index is 991. The van der Waals surface area contributed by atoms with Crippen LogP contribution in [0.5, 0.6) is 0 Å². The number of fused-ring (bicyclic) bond motifs is 1. The van der Waals surface area contributed by atoms with Gasteiger partial charge in [0.25, 0.3) is 5.56 Å². The maximum absolute atomic E-state index is 12.2. The van der Waals surface area contributed by atoms with Gasteiger partial charge in [-0.25, -0.2) is 15.0 Å². The summed E-state index contributed by atoms with van der Waals surface area (Å²) < 4.78 is 1.57. The standard InChI is InChI=1S/C19H22N6O/c1-13-4-3-5-15-16(13)21-12-22-17(15)23-14-6-9-25(10-7-14)18-19(26)24(2)11-8-20-18/h3-5,8,11-12,14H,6-7,9-10H2,1-2H3,(H,21,22,23). The van der Waals surface area contributed by atoms with E-state index in [4.69, 9.17) is 0 Å². The molecule has 0 amide bonds. The number of anilines is 2. The van der Waals surface area contributed by atoms with Crippen LogP contribution in [0.4, 0.5) is 11.6 Å². The zero-order chi connectivity index (χ0) is 18.1. The highest BCUT2D eigenvalue weighted by molar-refractivity contribution is 5.90. The van der Waals surface area contributed by atoms with Crippen LogP contribution < -0.4 is 15.8 Å². The molecule has 1 saturated heterocycles. The number of nitrogens with zero attached hydrogens (tertiary/aromatic N) is 5. The van der Waals surface area contributed by atoms with Crippen molar-refractivity contribution in [1.29, 1.82) is 0 Å². The van der Waals surface area contributed by atoms with Crippen LogP contribution in [0.1, 0.15) is 18.4 Å². The van der Waals surface area contributed by atoms with Gasteiger partial charge in [0.1, 0.15) is 12.1 Å². The number of hydrogen-bond acceptors (Lipinski definition) is 6. The molecule has 0 radical (unpaired) electrons. The zero-order valence-electron chi connectivity index (χ0n) is 15.0. The minimum absolute atomic E-state index is 0.0452. The highest BCUT2D eigenvalue weighted by atomic mass is 16.1. The first-order valence-electron chi connectivity index (χ1n) is 8.87. The van der Waals surface area contributed by atoms with Crippen molar-refractivity contribution in [3.8, 4) is 0 Å². The van der Waals surface area contributed by atoms with Crippen LogP contribution in [0, 0.1) is 6.92 Å². The van der Waals surface area contributed by atoms with E-state index in [1.807, 2.05) is 6.07 Å². The minimum atomic E-state index is -0.0452. The van der Waals surface area contributed by atoms with Crippen molar-refractivity contribution in [2.75, 3.05) is 23.3 Å². The van der Waals surface area contributed by atoms with E-state index in [2.05, 4.69) is 44.2 Å². The molecule has 134 valence electrons. The molecule has 4 rings (SSSR count). The van der Waals surface area contributed by atoms with Crippen molar-refractivity contribution in [2.24, 2.45) is 7.05 Å². The Balaban J connectivity index is 1.49. The third-order valence-corrected chi connectivity index (χ3v) is 5.00. The van der Waals surface area contributed by atoms with Gasteiger partial charge in [-0.15, -0.1) is 0 Å². The van der Waals surface area contributed by atoms with Gasteiger partial charge in [0, 0.05) is 44.0 Å². The van der Waals surface area contributed by atoms with Gasteiger partial charge in [-0.3, -0.25) is 4.79 Å². The van der Waals surface area contributed by atoms with E-state index in [1.54, 1.807) is 30.3 Å². The van der Waals surface area contributed by atoms with E-state index >= 15 is 0 Å². The van der Waals surface area contributed by atoms with Crippen LogP contribution in [0.25, 0.3) is 10.9 Å². The fourth-order valence-electron chi connectivity index (χ4n) is 3.48. The molecule has 3 aromatic rings. The lowest BCUT2D eigenvalue weighted by atomic mass is 10.0. The molecule has 0 spiro atoms. The molecule has 1 aliphatic rings. The molecule has 0 aliphatic carbocycles. The SMILES string of the molecule is Cc1cccc2c(NC3CCN(c4nccn(C)c4=O)CC3)ncnc12. The summed E-state index contributed by atoms with van der Waals surface area (Å²) in [6, 6.07) is 6.46. The normalized spacial score (nSPS) is 15.4. The first kappa shape index (κ1) is 16.5. The molecule has 7 nitrogen and oxygen atoms in total. The summed E-state index contributed by atoms with van der Waals surface area (Å²) in [5.74, 6) is 1.42. The van der Waals surface area contributed by atoms with Crippen LogP contribution in [-0.4, -0.2) is 38.7 Å². The summed E-state index contributed by atoms with van der Waals surface area (Å²) in [6.07, 6.45) is 6.83. The lowest BCUT2D eigenvalue weighted by Gasteiger charge is -2.33. The molecule has 7 heteroatoms. The highest BCUT2D eigenvalue weighted by Gasteiger charge is 2.23. The Morgan fingerprint density at radius 1 is 1.15 bits per heavy atom. The number of aromatic nitrogens is 4. The second-order valence-corrected chi connectivity index (χ2v) is 6.77. The summed E-state index contributed by atoms with van der Waals surface area (Å²) in [5, 5.41) is 4.62. The monoisotopic (exact) mass is 350 g/mol. The molecule has 1 aromatic carbocycles. The topological polar surface area (TPSA) is 75.9 Å². The van der Waals surface area contributed by atoms with Crippen LogP contribution >= 0.6 is 0 Å². The van der Waals surface area contributed by atoms with Gasteiger partial charge in [-0.1, -0.05) is 12.1 Å². The van der Waals surface area contributed by atoms with Crippen molar-refractivity contribution in [1.82, 2.24) is 19.5 Å². The molecule has 0 unspecified atom stereocenters. The van der Waals surface area contributed by atoms with E-state index in [0.717, 1.165) is 48.2 Å². The molecule has 0 bridgehead atoms. The lowest BCUT2D eigenvalue weighted by molar-refractivity contribution is 0.520. The Kier molecular flexibility index (Phi) is 4.28. The second kappa shape index (κ2) is 6.74. The van der Waals surface area contributed by atoms with Crippen molar-refractivity contribution < 1.29 is 0 Å². The van der Waals surface area contributed by atoms with Gasteiger partial charge in [0.2, 0.25) is 0 Å². The number of nitrogens with one attached hydrogen (secondary N) is 1. The largest absolute Gasteiger partial charge is 0.367 e. The fraction of sp³-hybridized carbons (Fsp3) is 0.368. The van der Waals surface area contributed by atoms with E-state index < -0.39 is 0 Å². The van der Waals surface area contributed by atoms with E-state index in [0.29, 0.717) is 11.9 Å². The molecular weight excluding hydrogens is 328 g/mol. The molecule has 3 heterocycles. The summed E-state index contributed by atoms with van der Waals surface area (Å²) >= 11 is 0. The van der Waals surface area contributed by atoms with Crippen molar-refractivity contribution in [3.05, 3.63) is 52.8 Å². The Hall–Kier alpha value is -2.96. The predicted molar refractivity (Wildman–Crippen MR) is 103 cm³/mol. The third kappa shape index (κ3) is 3.00. The van der Waals surface area contributed by atoms with Crippen LogP contribution in [0.2, 0.25) is 0 Å². The Labute approximate surface area is 151 Å². The highest BCUT2D eigenvalue weighted by Crippen LogP contribution is 2.24. The molecule has 26 heavy (non-hydrogen) atoms. The Morgan fingerprint density at radius 3 is 2.77 bits per heavy atom.